The van der Waals surface area contributed by atoms with Crippen molar-refractivity contribution in [3.8, 4) is 12.1 Å². The van der Waals surface area contributed by atoms with E-state index >= 15 is 0 Å². The predicted molar refractivity (Wildman–Crippen MR) is 63.2 cm³/mol. The van der Waals surface area contributed by atoms with Crippen LogP contribution in [0.3, 0.4) is 0 Å². The molecule has 0 heterocycles. The van der Waals surface area contributed by atoms with E-state index in [4.69, 9.17) is 10.5 Å². The molecule has 94 valence electrons. The SMILES string of the molecule is CCC(C#N)S(=O)(=O)N(CC#N)C1CCCC1. The van der Waals surface area contributed by atoms with Gasteiger partial charge in [-0.15, -0.1) is 0 Å². The number of hydrogen-bond acceptors (Lipinski definition) is 4. The molecule has 0 N–H and O–H groups in total. The van der Waals surface area contributed by atoms with Gasteiger partial charge in [0, 0.05) is 6.04 Å². The monoisotopic (exact) mass is 255 g/mol. The Balaban J connectivity index is 2.97. The zero-order chi connectivity index (χ0) is 12.9. The van der Waals surface area contributed by atoms with Crippen LogP contribution < -0.4 is 0 Å². The van der Waals surface area contributed by atoms with E-state index in [2.05, 4.69) is 0 Å². The average molecular weight is 255 g/mol. The van der Waals surface area contributed by atoms with E-state index in [0.717, 1.165) is 25.7 Å². The largest absolute Gasteiger partial charge is 0.231 e. The molecule has 1 saturated carbocycles. The number of rotatable bonds is 5. The maximum absolute atomic E-state index is 12.2. The number of sulfonamides is 1. The summed E-state index contributed by atoms with van der Waals surface area (Å²) in [6, 6.07) is 3.61. The molecule has 17 heavy (non-hydrogen) atoms. The Morgan fingerprint density at radius 3 is 2.35 bits per heavy atom. The predicted octanol–water partition coefficient (Wildman–Crippen LogP) is 1.39. The zero-order valence-electron chi connectivity index (χ0n) is 9.96. The Bertz CT molecular complexity index is 427. The second-order valence-corrected chi connectivity index (χ2v) is 6.28. The fraction of sp³-hybridized carbons (Fsp3) is 0.818. The highest BCUT2D eigenvalue weighted by Gasteiger charge is 2.36. The molecule has 1 aliphatic rings. The highest BCUT2D eigenvalue weighted by atomic mass is 32.2. The van der Waals surface area contributed by atoms with Gasteiger partial charge in [-0.1, -0.05) is 19.8 Å². The van der Waals surface area contributed by atoms with Gasteiger partial charge in [-0.25, -0.2) is 8.42 Å². The van der Waals surface area contributed by atoms with Gasteiger partial charge in [0.2, 0.25) is 10.0 Å². The molecule has 0 aromatic heterocycles. The van der Waals surface area contributed by atoms with Crippen molar-refractivity contribution in [2.75, 3.05) is 6.54 Å². The van der Waals surface area contributed by atoms with Crippen LogP contribution in [0, 0.1) is 22.7 Å². The molecule has 0 radical (unpaired) electrons. The number of nitriles is 2. The summed E-state index contributed by atoms with van der Waals surface area (Å²) in [5.74, 6) is 0. The number of nitrogens with zero attached hydrogens (tertiary/aromatic N) is 3. The Morgan fingerprint density at radius 1 is 1.35 bits per heavy atom. The van der Waals surface area contributed by atoms with E-state index in [-0.39, 0.29) is 19.0 Å². The number of hydrogen-bond donors (Lipinski definition) is 0. The topological polar surface area (TPSA) is 85.0 Å². The molecule has 1 unspecified atom stereocenters. The van der Waals surface area contributed by atoms with Gasteiger partial charge in [-0.05, 0) is 19.3 Å². The van der Waals surface area contributed by atoms with E-state index in [1.54, 1.807) is 6.92 Å². The summed E-state index contributed by atoms with van der Waals surface area (Å²) in [6.07, 6.45) is 3.83. The summed E-state index contributed by atoms with van der Waals surface area (Å²) in [5.41, 5.74) is 0. The van der Waals surface area contributed by atoms with Crippen molar-refractivity contribution in [2.45, 2.75) is 50.3 Å². The minimum absolute atomic E-state index is 0.0953. The van der Waals surface area contributed by atoms with Crippen LogP contribution in [0.25, 0.3) is 0 Å². The third-order valence-corrected chi connectivity index (χ3v) is 5.40. The van der Waals surface area contributed by atoms with Crippen LogP contribution in [0.4, 0.5) is 0 Å². The van der Waals surface area contributed by atoms with Crippen molar-refractivity contribution in [3.05, 3.63) is 0 Å². The highest BCUT2D eigenvalue weighted by Crippen LogP contribution is 2.27. The smallest absolute Gasteiger partial charge is 0.211 e. The quantitative estimate of drug-likeness (QED) is 0.695. The summed E-state index contributed by atoms with van der Waals surface area (Å²) >= 11 is 0. The van der Waals surface area contributed by atoms with Gasteiger partial charge in [0.1, 0.15) is 6.54 Å². The van der Waals surface area contributed by atoms with Gasteiger partial charge < -0.3 is 0 Å². The lowest BCUT2D eigenvalue weighted by atomic mass is 10.2. The maximum Gasteiger partial charge on any atom is 0.231 e. The van der Waals surface area contributed by atoms with Crippen LogP contribution in [0.2, 0.25) is 0 Å². The van der Waals surface area contributed by atoms with Crippen molar-refractivity contribution in [3.63, 3.8) is 0 Å². The Labute approximate surface area is 103 Å². The molecule has 0 aliphatic heterocycles. The Kier molecular flexibility index (Phi) is 4.92. The lowest BCUT2D eigenvalue weighted by Gasteiger charge is -2.27. The van der Waals surface area contributed by atoms with Crippen LogP contribution >= 0.6 is 0 Å². The zero-order valence-corrected chi connectivity index (χ0v) is 10.8. The summed E-state index contributed by atoms with van der Waals surface area (Å²) in [4.78, 5) is 0. The Hall–Kier alpha value is -1.11. The molecular formula is C11H17N3O2S. The van der Waals surface area contributed by atoms with Gasteiger partial charge in [0.05, 0.1) is 12.1 Å². The normalized spacial score (nSPS) is 18.8. The minimum Gasteiger partial charge on any atom is -0.211 e. The third kappa shape index (κ3) is 2.96. The average Bonchev–Trinajstić information content (AvgIpc) is 2.80. The van der Waals surface area contributed by atoms with E-state index in [9.17, 15) is 8.42 Å². The van der Waals surface area contributed by atoms with Crippen molar-refractivity contribution < 1.29 is 8.42 Å². The fourth-order valence-electron chi connectivity index (χ4n) is 2.22. The van der Waals surface area contributed by atoms with Crippen molar-refractivity contribution >= 4 is 10.0 Å². The second kappa shape index (κ2) is 6.00. The van der Waals surface area contributed by atoms with Crippen molar-refractivity contribution in [1.29, 1.82) is 10.5 Å². The molecule has 0 aromatic rings. The van der Waals surface area contributed by atoms with Crippen LogP contribution in [0.1, 0.15) is 39.0 Å². The Morgan fingerprint density at radius 2 is 1.94 bits per heavy atom. The van der Waals surface area contributed by atoms with Crippen molar-refractivity contribution in [1.82, 2.24) is 4.31 Å². The minimum atomic E-state index is -3.66. The fourth-order valence-corrected chi connectivity index (χ4v) is 3.97. The summed E-state index contributed by atoms with van der Waals surface area (Å²) in [5, 5.41) is 16.6. The lowest BCUT2D eigenvalue weighted by Crippen LogP contribution is -2.43. The standard InChI is InChI=1S/C11H17N3O2S/c1-2-11(9-13)17(15,16)14(8-7-12)10-5-3-4-6-10/h10-11H,2-6,8H2,1H3. The van der Waals surface area contributed by atoms with E-state index in [1.165, 1.54) is 4.31 Å². The van der Waals surface area contributed by atoms with Crippen LogP contribution in [0.15, 0.2) is 0 Å². The first kappa shape index (κ1) is 14.0. The van der Waals surface area contributed by atoms with E-state index in [1.807, 2.05) is 12.1 Å². The second-order valence-electron chi connectivity index (χ2n) is 4.21. The van der Waals surface area contributed by atoms with Crippen molar-refractivity contribution in [2.24, 2.45) is 0 Å². The molecule has 1 rings (SSSR count). The summed E-state index contributed by atoms with van der Waals surface area (Å²) in [6.45, 7) is 1.52. The lowest BCUT2D eigenvalue weighted by molar-refractivity contribution is 0.347. The first-order chi connectivity index (χ1) is 8.07. The molecule has 1 atom stereocenters. The van der Waals surface area contributed by atoms with Crippen LogP contribution in [-0.4, -0.2) is 30.6 Å². The molecule has 0 bridgehead atoms. The van der Waals surface area contributed by atoms with Gasteiger partial charge >= 0.3 is 0 Å². The van der Waals surface area contributed by atoms with Gasteiger partial charge in [-0.3, -0.25) is 0 Å². The molecule has 0 aromatic carbocycles. The molecule has 6 heteroatoms. The molecular weight excluding hydrogens is 238 g/mol. The molecule has 0 saturated heterocycles. The molecule has 0 amide bonds. The molecule has 1 aliphatic carbocycles. The van der Waals surface area contributed by atoms with Gasteiger partial charge in [0.25, 0.3) is 0 Å². The molecule has 1 fully saturated rings. The van der Waals surface area contributed by atoms with E-state index in [0.29, 0.717) is 0 Å². The maximum atomic E-state index is 12.2. The summed E-state index contributed by atoms with van der Waals surface area (Å²) in [7, 11) is -3.66. The van der Waals surface area contributed by atoms with Crippen LogP contribution in [0.5, 0.6) is 0 Å². The third-order valence-electron chi connectivity index (χ3n) is 3.16. The van der Waals surface area contributed by atoms with Gasteiger partial charge in [0.15, 0.2) is 5.25 Å². The summed E-state index contributed by atoms with van der Waals surface area (Å²) < 4.78 is 25.7. The first-order valence-corrected chi connectivity index (χ1v) is 7.35. The van der Waals surface area contributed by atoms with Gasteiger partial charge in [-0.2, -0.15) is 14.8 Å². The van der Waals surface area contributed by atoms with Crippen LogP contribution in [-0.2, 0) is 10.0 Å². The highest BCUT2D eigenvalue weighted by molar-refractivity contribution is 7.90. The first-order valence-electron chi connectivity index (χ1n) is 5.85. The molecule has 5 nitrogen and oxygen atoms in total. The molecule has 0 spiro atoms. The van der Waals surface area contributed by atoms with E-state index < -0.39 is 15.3 Å².